The molecular weight excluding hydrogens is 584 g/mol. The van der Waals surface area contributed by atoms with E-state index in [1.807, 2.05) is 54.6 Å². The van der Waals surface area contributed by atoms with Crippen molar-refractivity contribution < 1.29 is 28.7 Å². The summed E-state index contributed by atoms with van der Waals surface area (Å²) in [6.07, 6.45) is 0. The molecule has 2 aliphatic rings. The third-order valence-corrected chi connectivity index (χ3v) is 8.19. The lowest BCUT2D eigenvalue weighted by Gasteiger charge is -2.33. The van der Waals surface area contributed by atoms with Crippen LogP contribution in [0.3, 0.4) is 0 Å². The molecule has 1 unspecified atom stereocenters. The number of benzene rings is 4. The van der Waals surface area contributed by atoms with E-state index in [-0.39, 0.29) is 12.1 Å². The van der Waals surface area contributed by atoms with E-state index in [1.165, 1.54) is 9.80 Å². The molecule has 10 nitrogen and oxygen atoms in total. The second-order valence-electron chi connectivity index (χ2n) is 11.1. The largest absolute Gasteiger partial charge is 0.497 e. The SMILES string of the molecule is COc1ccc(C(C(=O)Nc2ccc(N3CCOCC3)cc2)N(Cc2ccccc2)C(=O)CN2C(=O)C(=O)c3ccccc32)cc1. The molecule has 234 valence electrons. The molecule has 0 aliphatic carbocycles. The zero-order valence-corrected chi connectivity index (χ0v) is 25.4. The molecule has 6 rings (SSSR count). The number of carbonyl (C=O) groups is 4. The van der Waals surface area contributed by atoms with E-state index in [2.05, 4.69) is 10.2 Å². The Labute approximate surface area is 267 Å². The Hall–Kier alpha value is -5.48. The van der Waals surface area contributed by atoms with Crippen molar-refractivity contribution in [2.45, 2.75) is 12.6 Å². The maximum Gasteiger partial charge on any atom is 0.299 e. The molecule has 2 heterocycles. The molecule has 0 saturated carbocycles. The number of morpholine rings is 1. The third-order valence-electron chi connectivity index (χ3n) is 8.19. The van der Waals surface area contributed by atoms with E-state index in [0.717, 1.165) is 24.3 Å². The fourth-order valence-corrected chi connectivity index (χ4v) is 5.78. The Kier molecular flexibility index (Phi) is 9.07. The number of carbonyl (C=O) groups excluding carboxylic acids is 4. The van der Waals surface area contributed by atoms with Crippen LogP contribution in [0.1, 0.15) is 27.5 Å². The number of ether oxygens (including phenoxy) is 2. The number of anilines is 3. The van der Waals surface area contributed by atoms with Crippen molar-refractivity contribution in [1.29, 1.82) is 0 Å². The molecule has 0 bridgehead atoms. The van der Waals surface area contributed by atoms with Crippen molar-refractivity contribution in [2.24, 2.45) is 0 Å². The highest BCUT2D eigenvalue weighted by atomic mass is 16.5. The smallest absolute Gasteiger partial charge is 0.299 e. The van der Waals surface area contributed by atoms with Crippen LogP contribution in [0, 0.1) is 0 Å². The topological polar surface area (TPSA) is 108 Å². The maximum absolute atomic E-state index is 14.3. The molecule has 1 saturated heterocycles. The van der Waals surface area contributed by atoms with E-state index in [9.17, 15) is 19.2 Å². The average molecular weight is 619 g/mol. The van der Waals surface area contributed by atoms with Crippen LogP contribution in [0.4, 0.5) is 17.1 Å². The van der Waals surface area contributed by atoms with Gasteiger partial charge < -0.3 is 24.6 Å². The van der Waals surface area contributed by atoms with E-state index in [1.54, 1.807) is 55.6 Å². The molecule has 0 aromatic heterocycles. The molecule has 4 aromatic rings. The Morgan fingerprint density at radius 1 is 0.870 bits per heavy atom. The predicted octanol–water partition coefficient (Wildman–Crippen LogP) is 4.47. The van der Waals surface area contributed by atoms with Gasteiger partial charge in [0.25, 0.3) is 17.6 Å². The molecule has 0 radical (unpaired) electrons. The Bertz CT molecular complexity index is 1720. The first-order valence-corrected chi connectivity index (χ1v) is 15.1. The van der Waals surface area contributed by atoms with Crippen LogP contribution in [0.5, 0.6) is 5.75 Å². The normalized spacial score (nSPS) is 14.9. The quantitative estimate of drug-likeness (QED) is 0.261. The number of nitrogens with zero attached hydrogens (tertiary/aromatic N) is 3. The minimum Gasteiger partial charge on any atom is -0.497 e. The number of hydrogen-bond acceptors (Lipinski definition) is 7. The summed E-state index contributed by atoms with van der Waals surface area (Å²) in [5, 5.41) is 3.00. The lowest BCUT2D eigenvalue weighted by molar-refractivity contribution is -0.139. The van der Waals surface area contributed by atoms with Crippen LogP contribution < -0.4 is 19.9 Å². The van der Waals surface area contributed by atoms with Crippen LogP contribution in [0.15, 0.2) is 103 Å². The van der Waals surface area contributed by atoms with Crippen molar-refractivity contribution in [1.82, 2.24) is 4.90 Å². The highest BCUT2D eigenvalue weighted by Crippen LogP contribution is 2.31. The van der Waals surface area contributed by atoms with Crippen LogP contribution in [-0.2, 0) is 25.7 Å². The Morgan fingerprint density at radius 3 is 2.24 bits per heavy atom. The molecule has 2 aliphatic heterocycles. The molecule has 3 amide bonds. The summed E-state index contributed by atoms with van der Waals surface area (Å²) >= 11 is 0. The van der Waals surface area contributed by atoms with E-state index in [0.29, 0.717) is 35.9 Å². The van der Waals surface area contributed by atoms with Gasteiger partial charge in [0, 0.05) is 31.0 Å². The fraction of sp³-hybridized carbons (Fsp3) is 0.222. The first-order valence-electron chi connectivity index (χ1n) is 15.1. The van der Waals surface area contributed by atoms with E-state index >= 15 is 0 Å². The first kappa shape index (κ1) is 30.5. The van der Waals surface area contributed by atoms with Gasteiger partial charge in [0.1, 0.15) is 18.3 Å². The number of hydrogen-bond donors (Lipinski definition) is 1. The second kappa shape index (κ2) is 13.7. The summed E-state index contributed by atoms with van der Waals surface area (Å²) in [5.41, 5.74) is 3.56. The van der Waals surface area contributed by atoms with Gasteiger partial charge in [-0.25, -0.2) is 0 Å². The van der Waals surface area contributed by atoms with E-state index < -0.39 is 36.1 Å². The van der Waals surface area contributed by atoms with Crippen molar-refractivity contribution in [3.8, 4) is 5.75 Å². The number of Topliss-reactive ketones (excluding diaryl/α,β-unsaturated/α-hetero) is 1. The average Bonchev–Trinajstić information content (AvgIpc) is 3.34. The van der Waals surface area contributed by atoms with Crippen molar-refractivity contribution >= 4 is 40.6 Å². The first-order chi connectivity index (χ1) is 22.4. The fourth-order valence-electron chi connectivity index (χ4n) is 5.78. The van der Waals surface area contributed by atoms with Gasteiger partial charge in [-0.3, -0.25) is 24.1 Å². The summed E-state index contributed by atoms with van der Waals surface area (Å²) in [4.78, 5) is 59.1. The van der Waals surface area contributed by atoms with Gasteiger partial charge in [0.15, 0.2) is 0 Å². The molecule has 1 N–H and O–H groups in total. The lowest BCUT2D eigenvalue weighted by atomic mass is 10.0. The number of fused-ring (bicyclic) bond motifs is 1. The van der Waals surface area contributed by atoms with Crippen molar-refractivity contribution in [2.75, 3.05) is 55.1 Å². The number of nitrogens with one attached hydrogen (secondary N) is 1. The number of methoxy groups -OCH3 is 1. The Morgan fingerprint density at radius 2 is 1.54 bits per heavy atom. The highest BCUT2D eigenvalue weighted by molar-refractivity contribution is 6.52. The summed E-state index contributed by atoms with van der Waals surface area (Å²) in [7, 11) is 1.55. The van der Waals surface area contributed by atoms with Crippen LogP contribution in [0.2, 0.25) is 0 Å². The summed E-state index contributed by atoms with van der Waals surface area (Å²) in [6.45, 7) is 2.57. The van der Waals surface area contributed by atoms with Gasteiger partial charge in [-0.05, 0) is 59.7 Å². The molecule has 1 fully saturated rings. The zero-order valence-electron chi connectivity index (χ0n) is 25.4. The molecule has 46 heavy (non-hydrogen) atoms. The van der Waals surface area contributed by atoms with Gasteiger partial charge in [-0.2, -0.15) is 0 Å². The van der Waals surface area contributed by atoms with Gasteiger partial charge >= 0.3 is 0 Å². The third kappa shape index (κ3) is 6.47. The van der Waals surface area contributed by atoms with Crippen LogP contribution in [-0.4, -0.2) is 68.4 Å². The van der Waals surface area contributed by atoms with Gasteiger partial charge in [-0.15, -0.1) is 0 Å². The van der Waals surface area contributed by atoms with Crippen molar-refractivity contribution in [3.05, 3.63) is 120 Å². The number of ketones is 1. The predicted molar refractivity (Wildman–Crippen MR) is 174 cm³/mol. The summed E-state index contributed by atoms with van der Waals surface area (Å²) in [5.74, 6) is -1.78. The molecule has 1 atom stereocenters. The highest BCUT2D eigenvalue weighted by Gasteiger charge is 2.39. The van der Waals surface area contributed by atoms with Gasteiger partial charge in [0.2, 0.25) is 5.91 Å². The standard InChI is InChI=1S/C36H34N4O6/c1-45-29-17-11-26(12-18-29)33(35(43)37-27-13-15-28(16-14-27)38-19-21-46-22-20-38)40(23-25-7-3-2-4-8-25)32(41)24-39-31-10-6-5-9-30(31)34(42)36(39)44/h2-18,33H,19-24H2,1H3,(H,37,43). The maximum atomic E-state index is 14.3. The molecule has 10 heteroatoms. The Balaban J connectivity index is 1.33. The second-order valence-corrected chi connectivity index (χ2v) is 11.1. The number of para-hydroxylation sites is 1. The van der Waals surface area contributed by atoms with Gasteiger partial charge in [0.05, 0.1) is 31.6 Å². The number of amides is 3. The minimum absolute atomic E-state index is 0.0807. The molecular formula is C36H34N4O6. The zero-order chi connectivity index (χ0) is 32.0. The monoisotopic (exact) mass is 618 g/mol. The van der Waals surface area contributed by atoms with Crippen LogP contribution in [0.25, 0.3) is 0 Å². The van der Waals surface area contributed by atoms with Crippen molar-refractivity contribution in [3.63, 3.8) is 0 Å². The number of rotatable bonds is 10. The summed E-state index contributed by atoms with van der Waals surface area (Å²) < 4.78 is 10.8. The molecule has 0 spiro atoms. The van der Waals surface area contributed by atoms with E-state index in [4.69, 9.17) is 9.47 Å². The minimum atomic E-state index is -1.08. The molecule has 4 aromatic carbocycles. The van der Waals surface area contributed by atoms with Crippen LogP contribution >= 0.6 is 0 Å². The van der Waals surface area contributed by atoms with Gasteiger partial charge in [-0.1, -0.05) is 54.6 Å². The summed E-state index contributed by atoms with van der Waals surface area (Å²) in [6, 6.07) is 29.4. The lowest BCUT2D eigenvalue weighted by Crippen LogP contribution is -2.46.